The molecule has 2 nitrogen and oxygen atoms in total. The van der Waals surface area contributed by atoms with Crippen molar-refractivity contribution in [3.8, 4) is 5.75 Å². The van der Waals surface area contributed by atoms with Gasteiger partial charge in [0.05, 0.1) is 0 Å². The number of hydrogen-bond donors (Lipinski definition) is 2. The standard InChI is InChI=1S/C9H12O.C2H7N/c1-6-4-7(2)9(10)8(3)5-6;1-3-2/h4-5,10H,1-3H3;3H,1-2H3. The Kier molecular flexibility index (Phi) is 5.16. The van der Waals surface area contributed by atoms with Crippen molar-refractivity contribution >= 4 is 0 Å². The van der Waals surface area contributed by atoms with Gasteiger partial charge in [0.25, 0.3) is 0 Å². The van der Waals surface area contributed by atoms with Gasteiger partial charge >= 0.3 is 0 Å². The third kappa shape index (κ3) is 3.95. The van der Waals surface area contributed by atoms with Gasteiger partial charge in [0.1, 0.15) is 5.75 Å². The molecule has 0 aromatic heterocycles. The molecule has 0 saturated carbocycles. The van der Waals surface area contributed by atoms with E-state index in [0.717, 1.165) is 11.1 Å². The molecule has 13 heavy (non-hydrogen) atoms. The van der Waals surface area contributed by atoms with Gasteiger partial charge in [-0.25, -0.2) is 0 Å². The van der Waals surface area contributed by atoms with Crippen LogP contribution < -0.4 is 5.32 Å². The second kappa shape index (κ2) is 5.60. The van der Waals surface area contributed by atoms with Crippen LogP contribution in [0.15, 0.2) is 12.1 Å². The smallest absolute Gasteiger partial charge is 0.121 e. The van der Waals surface area contributed by atoms with Crippen molar-refractivity contribution in [3.05, 3.63) is 28.8 Å². The molecule has 0 bridgehead atoms. The zero-order valence-electron chi connectivity index (χ0n) is 9.10. The van der Waals surface area contributed by atoms with Gasteiger partial charge in [-0.2, -0.15) is 0 Å². The largest absolute Gasteiger partial charge is 0.507 e. The first-order valence-corrected chi connectivity index (χ1v) is 4.38. The molecule has 1 rings (SSSR count). The first-order valence-electron chi connectivity index (χ1n) is 4.38. The van der Waals surface area contributed by atoms with E-state index in [1.54, 1.807) is 0 Å². The number of benzene rings is 1. The molecule has 0 amide bonds. The number of phenols is 1. The zero-order chi connectivity index (χ0) is 10.4. The number of aryl methyl sites for hydroxylation is 3. The summed E-state index contributed by atoms with van der Waals surface area (Å²) in [7, 11) is 3.75. The van der Waals surface area contributed by atoms with Crippen molar-refractivity contribution in [2.24, 2.45) is 0 Å². The van der Waals surface area contributed by atoms with Crippen LogP contribution in [-0.2, 0) is 0 Å². The molecular formula is C11H19NO. The van der Waals surface area contributed by atoms with Crippen molar-refractivity contribution < 1.29 is 5.11 Å². The third-order valence-corrected chi connectivity index (χ3v) is 1.64. The van der Waals surface area contributed by atoms with Crippen LogP contribution in [0.5, 0.6) is 5.75 Å². The highest BCUT2D eigenvalue weighted by Gasteiger charge is 1.98. The van der Waals surface area contributed by atoms with Crippen LogP contribution >= 0.6 is 0 Å². The van der Waals surface area contributed by atoms with Gasteiger partial charge in [-0.3, -0.25) is 0 Å². The Morgan fingerprint density at radius 2 is 1.31 bits per heavy atom. The first-order chi connectivity index (χ1) is 6.02. The number of rotatable bonds is 0. The van der Waals surface area contributed by atoms with Gasteiger partial charge in [-0.15, -0.1) is 0 Å². The van der Waals surface area contributed by atoms with Gasteiger partial charge in [-0.1, -0.05) is 17.7 Å². The molecule has 0 aliphatic carbocycles. The SMILES string of the molecule is CNC.Cc1cc(C)c(O)c(C)c1. The van der Waals surface area contributed by atoms with Crippen molar-refractivity contribution in [2.75, 3.05) is 14.1 Å². The number of phenolic OH excluding ortho intramolecular Hbond substituents is 1. The van der Waals surface area contributed by atoms with Crippen LogP contribution in [0.3, 0.4) is 0 Å². The van der Waals surface area contributed by atoms with Gasteiger partial charge in [-0.05, 0) is 46.0 Å². The van der Waals surface area contributed by atoms with E-state index < -0.39 is 0 Å². The topological polar surface area (TPSA) is 32.3 Å². The van der Waals surface area contributed by atoms with Crippen molar-refractivity contribution in [2.45, 2.75) is 20.8 Å². The van der Waals surface area contributed by atoms with Crippen molar-refractivity contribution in [1.29, 1.82) is 0 Å². The molecule has 0 fully saturated rings. The maximum atomic E-state index is 9.33. The summed E-state index contributed by atoms with van der Waals surface area (Å²) < 4.78 is 0. The monoisotopic (exact) mass is 181 g/mol. The van der Waals surface area contributed by atoms with Crippen LogP contribution in [0, 0.1) is 20.8 Å². The fraction of sp³-hybridized carbons (Fsp3) is 0.455. The predicted molar refractivity (Wildman–Crippen MR) is 57.3 cm³/mol. The van der Waals surface area contributed by atoms with E-state index in [2.05, 4.69) is 5.32 Å². The van der Waals surface area contributed by atoms with Crippen LogP contribution in [0.2, 0.25) is 0 Å². The Morgan fingerprint density at radius 1 is 1.00 bits per heavy atom. The van der Waals surface area contributed by atoms with E-state index >= 15 is 0 Å². The summed E-state index contributed by atoms with van der Waals surface area (Å²) in [6, 6.07) is 3.95. The lowest BCUT2D eigenvalue weighted by Crippen LogP contribution is -1.89. The molecular weight excluding hydrogens is 162 g/mol. The highest BCUT2D eigenvalue weighted by molar-refractivity contribution is 5.41. The summed E-state index contributed by atoms with van der Waals surface area (Å²) in [4.78, 5) is 0. The molecule has 0 spiro atoms. The maximum Gasteiger partial charge on any atom is 0.121 e. The molecule has 1 aromatic carbocycles. The molecule has 74 valence electrons. The number of aromatic hydroxyl groups is 1. The Morgan fingerprint density at radius 3 is 1.62 bits per heavy atom. The van der Waals surface area contributed by atoms with Gasteiger partial charge < -0.3 is 10.4 Å². The maximum absolute atomic E-state index is 9.33. The van der Waals surface area contributed by atoms with Gasteiger partial charge in [0.15, 0.2) is 0 Å². The summed E-state index contributed by atoms with van der Waals surface area (Å²) >= 11 is 0. The fourth-order valence-corrected chi connectivity index (χ4v) is 1.17. The summed E-state index contributed by atoms with van der Waals surface area (Å²) in [5.41, 5.74) is 3.11. The first kappa shape index (κ1) is 12.0. The second-order valence-corrected chi connectivity index (χ2v) is 3.25. The summed E-state index contributed by atoms with van der Waals surface area (Å²) in [5, 5.41) is 12.1. The van der Waals surface area contributed by atoms with Crippen LogP contribution in [-0.4, -0.2) is 19.2 Å². The molecule has 1 aromatic rings. The molecule has 0 saturated heterocycles. The number of nitrogens with one attached hydrogen (secondary N) is 1. The lowest BCUT2D eigenvalue weighted by atomic mass is 10.1. The average Bonchev–Trinajstić information content (AvgIpc) is 2.01. The fourth-order valence-electron chi connectivity index (χ4n) is 1.17. The van der Waals surface area contributed by atoms with E-state index in [-0.39, 0.29) is 0 Å². The zero-order valence-corrected chi connectivity index (χ0v) is 9.10. The van der Waals surface area contributed by atoms with Crippen LogP contribution in [0.4, 0.5) is 0 Å². The molecule has 2 N–H and O–H groups in total. The highest BCUT2D eigenvalue weighted by atomic mass is 16.3. The highest BCUT2D eigenvalue weighted by Crippen LogP contribution is 2.21. The van der Waals surface area contributed by atoms with Crippen LogP contribution in [0.25, 0.3) is 0 Å². The number of hydrogen-bond acceptors (Lipinski definition) is 2. The molecule has 0 atom stereocenters. The van der Waals surface area contributed by atoms with E-state index in [1.165, 1.54) is 5.56 Å². The summed E-state index contributed by atoms with van der Waals surface area (Å²) in [6.07, 6.45) is 0. The van der Waals surface area contributed by atoms with Crippen molar-refractivity contribution in [3.63, 3.8) is 0 Å². The van der Waals surface area contributed by atoms with Gasteiger partial charge in [0.2, 0.25) is 0 Å². The quantitative estimate of drug-likeness (QED) is 0.643. The average molecular weight is 181 g/mol. The van der Waals surface area contributed by atoms with E-state index in [9.17, 15) is 5.11 Å². The van der Waals surface area contributed by atoms with Crippen LogP contribution in [0.1, 0.15) is 16.7 Å². The molecule has 0 radical (unpaired) electrons. The third-order valence-electron chi connectivity index (χ3n) is 1.64. The Hall–Kier alpha value is -1.02. The van der Waals surface area contributed by atoms with E-state index in [1.807, 2.05) is 47.0 Å². The lowest BCUT2D eigenvalue weighted by molar-refractivity contribution is 0.466. The Bertz CT molecular complexity index is 246. The second-order valence-electron chi connectivity index (χ2n) is 3.25. The van der Waals surface area contributed by atoms with E-state index in [0.29, 0.717) is 5.75 Å². The minimum absolute atomic E-state index is 0.422. The predicted octanol–water partition coefficient (Wildman–Crippen LogP) is 2.15. The molecule has 0 aliphatic rings. The summed E-state index contributed by atoms with van der Waals surface area (Å²) in [6.45, 7) is 5.85. The minimum atomic E-state index is 0.422. The van der Waals surface area contributed by atoms with Gasteiger partial charge in [0, 0.05) is 0 Å². The Balaban J connectivity index is 0.000000424. The molecule has 0 aliphatic heterocycles. The van der Waals surface area contributed by atoms with Crippen molar-refractivity contribution in [1.82, 2.24) is 5.32 Å². The van der Waals surface area contributed by atoms with E-state index in [4.69, 9.17) is 0 Å². The molecule has 2 heteroatoms. The minimum Gasteiger partial charge on any atom is -0.507 e. The summed E-state index contributed by atoms with van der Waals surface area (Å²) in [5.74, 6) is 0.422. The Labute approximate surface area is 80.6 Å². The lowest BCUT2D eigenvalue weighted by Gasteiger charge is -2.03. The normalized spacial score (nSPS) is 9.00. The molecule has 0 unspecified atom stereocenters. The molecule has 0 heterocycles.